The van der Waals surface area contributed by atoms with Crippen LogP contribution in [0, 0.1) is 0 Å². The summed E-state index contributed by atoms with van der Waals surface area (Å²) >= 11 is 0. The molecule has 3 aromatic rings. The van der Waals surface area contributed by atoms with Crippen molar-refractivity contribution in [3.8, 4) is 11.4 Å². The number of aromatic nitrogens is 2. The maximum Gasteiger partial charge on any atom is 0.138 e. The highest BCUT2D eigenvalue weighted by Crippen LogP contribution is 2.25. The number of fused-ring (bicyclic) bond motifs is 1. The molecule has 0 radical (unpaired) electrons. The summed E-state index contributed by atoms with van der Waals surface area (Å²) in [5.41, 5.74) is 4.66. The first-order valence-electron chi connectivity index (χ1n) is 8.57. The molecule has 23 heavy (non-hydrogen) atoms. The summed E-state index contributed by atoms with van der Waals surface area (Å²) in [6.07, 6.45) is 2.49. The van der Waals surface area contributed by atoms with E-state index in [1.54, 1.807) is 0 Å². The third-order valence-corrected chi connectivity index (χ3v) is 4.33. The van der Waals surface area contributed by atoms with E-state index in [1.807, 2.05) is 12.1 Å². The SMILES string of the molecule is CCCCN(CC)Cc1ccccc1-c1nc2ccccc2[nH]1. The first-order chi connectivity index (χ1) is 11.3. The molecule has 120 valence electrons. The summed E-state index contributed by atoms with van der Waals surface area (Å²) in [5.74, 6) is 0.966. The second-order valence-corrected chi connectivity index (χ2v) is 5.98. The molecule has 3 rings (SSSR count). The van der Waals surface area contributed by atoms with Crippen LogP contribution in [0.4, 0.5) is 0 Å². The van der Waals surface area contributed by atoms with E-state index in [4.69, 9.17) is 4.98 Å². The average Bonchev–Trinajstić information content (AvgIpc) is 3.02. The largest absolute Gasteiger partial charge is 0.338 e. The summed E-state index contributed by atoms with van der Waals surface area (Å²) in [4.78, 5) is 10.7. The van der Waals surface area contributed by atoms with Crippen LogP contribution in [0.15, 0.2) is 48.5 Å². The number of H-pyrrole nitrogens is 1. The maximum atomic E-state index is 4.76. The highest BCUT2D eigenvalue weighted by Gasteiger charge is 2.11. The molecule has 0 unspecified atom stereocenters. The van der Waals surface area contributed by atoms with E-state index in [0.29, 0.717) is 0 Å². The van der Waals surface area contributed by atoms with E-state index in [2.05, 4.69) is 60.1 Å². The second kappa shape index (κ2) is 7.42. The summed E-state index contributed by atoms with van der Waals surface area (Å²) in [6, 6.07) is 16.8. The van der Waals surface area contributed by atoms with E-state index in [-0.39, 0.29) is 0 Å². The standard InChI is InChI=1S/C20H25N3/c1-3-5-14-23(4-2)15-16-10-6-7-11-17(16)20-21-18-12-8-9-13-19(18)22-20/h6-13H,3-5,14-15H2,1-2H3,(H,21,22). The predicted octanol–water partition coefficient (Wildman–Crippen LogP) is 4.85. The van der Waals surface area contributed by atoms with E-state index < -0.39 is 0 Å². The smallest absolute Gasteiger partial charge is 0.138 e. The molecular formula is C20H25N3. The Hall–Kier alpha value is -2.13. The Balaban J connectivity index is 1.90. The van der Waals surface area contributed by atoms with Gasteiger partial charge < -0.3 is 4.98 Å². The molecule has 1 aromatic heterocycles. The topological polar surface area (TPSA) is 31.9 Å². The van der Waals surface area contributed by atoms with Gasteiger partial charge in [-0.05, 0) is 37.2 Å². The number of rotatable bonds is 7. The Morgan fingerprint density at radius 3 is 2.57 bits per heavy atom. The van der Waals surface area contributed by atoms with Gasteiger partial charge in [0.1, 0.15) is 5.82 Å². The van der Waals surface area contributed by atoms with Crippen molar-refractivity contribution in [2.45, 2.75) is 33.2 Å². The van der Waals surface area contributed by atoms with E-state index in [9.17, 15) is 0 Å². The van der Waals surface area contributed by atoms with Crippen molar-refractivity contribution in [1.29, 1.82) is 0 Å². The molecule has 3 heteroatoms. The van der Waals surface area contributed by atoms with Crippen LogP contribution >= 0.6 is 0 Å². The minimum absolute atomic E-state index is 0.966. The van der Waals surface area contributed by atoms with Gasteiger partial charge in [-0.15, -0.1) is 0 Å². The Bertz CT molecular complexity index is 727. The Morgan fingerprint density at radius 1 is 1.00 bits per heavy atom. The van der Waals surface area contributed by atoms with Crippen LogP contribution in [-0.2, 0) is 6.54 Å². The van der Waals surface area contributed by atoms with Crippen LogP contribution in [0.1, 0.15) is 32.3 Å². The fourth-order valence-corrected chi connectivity index (χ4v) is 2.94. The van der Waals surface area contributed by atoms with Crippen molar-refractivity contribution in [3.63, 3.8) is 0 Å². The number of para-hydroxylation sites is 2. The predicted molar refractivity (Wildman–Crippen MR) is 97.4 cm³/mol. The van der Waals surface area contributed by atoms with E-state index in [0.717, 1.165) is 36.5 Å². The second-order valence-electron chi connectivity index (χ2n) is 5.98. The summed E-state index contributed by atoms with van der Waals surface area (Å²) < 4.78 is 0. The zero-order valence-electron chi connectivity index (χ0n) is 14.0. The van der Waals surface area contributed by atoms with Gasteiger partial charge >= 0.3 is 0 Å². The molecule has 0 aliphatic carbocycles. The van der Waals surface area contributed by atoms with E-state index >= 15 is 0 Å². The van der Waals surface area contributed by atoms with Crippen molar-refractivity contribution in [2.24, 2.45) is 0 Å². The number of hydrogen-bond donors (Lipinski definition) is 1. The zero-order valence-corrected chi connectivity index (χ0v) is 14.0. The van der Waals surface area contributed by atoms with Crippen LogP contribution in [-0.4, -0.2) is 28.0 Å². The summed E-state index contributed by atoms with van der Waals surface area (Å²) in [5, 5.41) is 0. The number of nitrogens with one attached hydrogen (secondary N) is 1. The van der Waals surface area contributed by atoms with Crippen molar-refractivity contribution in [3.05, 3.63) is 54.1 Å². The molecule has 0 aliphatic rings. The van der Waals surface area contributed by atoms with Gasteiger partial charge in [0.2, 0.25) is 0 Å². The van der Waals surface area contributed by atoms with Crippen LogP contribution in [0.25, 0.3) is 22.4 Å². The van der Waals surface area contributed by atoms with Gasteiger partial charge in [-0.2, -0.15) is 0 Å². The first kappa shape index (κ1) is 15.8. The third-order valence-electron chi connectivity index (χ3n) is 4.33. The van der Waals surface area contributed by atoms with Crippen molar-refractivity contribution in [2.75, 3.05) is 13.1 Å². The molecular weight excluding hydrogens is 282 g/mol. The van der Waals surface area contributed by atoms with Crippen molar-refractivity contribution in [1.82, 2.24) is 14.9 Å². The number of aromatic amines is 1. The lowest BCUT2D eigenvalue weighted by molar-refractivity contribution is 0.275. The number of unbranched alkanes of at least 4 members (excludes halogenated alkanes) is 1. The van der Waals surface area contributed by atoms with Gasteiger partial charge in [0.25, 0.3) is 0 Å². The van der Waals surface area contributed by atoms with Crippen molar-refractivity contribution < 1.29 is 0 Å². The fraction of sp³-hybridized carbons (Fsp3) is 0.350. The number of imidazole rings is 1. The Morgan fingerprint density at radius 2 is 1.78 bits per heavy atom. The van der Waals surface area contributed by atoms with Gasteiger partial charge in [-0.1, -0.05) is 56.7 Å². The minimum Gasteiger partial charge on any atom is -0.338 e. The monoisotopic (exact) mass is 307 g/mol. The average molecular weight is 307 g/mol. The number of benzene rings is 2. The van der Waals surface area contributed by atoms with Crippen LogP contribution in [0.2, 0.25) is 0 Å². The molecule has 0 aliphatic heterocycles. The quantitative estimate of drug-likeness (QED) is 0.676. The molecule has 3 nitrogen and oxygen atoms in total. The van der Waals surface area contributed by atoms with Gasteiger partial charge in [0, 0.05) is 12.1 Å². The maximum absolute atomic E-state index is 4.76. The lowest BCUT2D eigenvalue weighted by Crippen LogP contribution is -2.24. The van der Waals surface area contributed by atoms with Crippen LogP contribution < -0.4 is 0 Å². The minimum atomic E-state index is 0.966. The molecule has 1 heterocycles. The van der Waals surface area contributed by atoms with Gasteiger partial charge in [-0.25, -0.2) is 4.98 Å². The van der Waals surface area contributed by atoms with E-state index in [1.165, 1.54) is 24.0 Å². The highest BCUT2D eigenvalue weighted by atomic mass is 15.1. The summed E-state index contributed by atoms with van der Waals surface area (Å²) in [6.45, 7) is 7.69. The van der Waals surface area contributed by atoms with Gasteiger partial charge in [0.05, 0.1) is 11.0 Å². The Labute approximate surface area is 138 Å². The molecule has 0 spiro atoms. The fourth-order valence-electron chi connectivity index (χ4n) is 2.94. The van der Waals surface area contributed by atoms with Crippen LogP contribution in [0.3, 0.4) is 0 Å². The molecule has 0 amide bonds. The molecule has 0 saturated carbocycles. The molecule has 1 N–H and O–H groups in total. The molecule has 0 bridgehead atoms. The normalized spacial score (nSPS) is 11.4. The lowest BCUT2D eigenvalue weighted by Gasteiger charge is -2.21. The number of nitrogens with zero attached hydrogens (tertiary/aromatic N) is 2. The first-order valence-corrected chi connectivity index (χ1v) is 8.57. The molecule has 2 aromatic carbocycles. The molecule has 0 atom stereocenters. The summed E-state index contributed by atoms with van der Waals surface area (Å²) in [7, 11) is 0. The zero-order chi connectivity index (χ0) is 16.1. The highest BCUT2D eigenvalue weighted by molar-refractivity contribution is 5.79. The van der Waals surface area contributed by atoms with Crippen LogP contribution in [0.5, 0.6) is 0 Å². The van der Waals surface area contributed by atoms with Gasteiger partial charge in [-0.3, -0.25) is 4.90 Å². The third kappa shape index (κ3) is 3.62. The lowest BCUT2D eigenvalue weighted by atomic mass is 10.1. The van der Waals surface area contributed by atoms with Gasteiger partial charge in [0.15, 0.2) is 0 Å². The molecule has 0 saturated heterocycles. The number of hydrogen-bond acceptors (Lipinski definition) is 2. The molecule has 0 fully saturated rings. The van der Waals surface area contributed by atoms with Crippen molar-refractivity contribution >= 4 is 11.0 Å². The Kier molecular flexibility index (Phi) is 5.09.